The maximum atomic E-state index is 6.60. The molecule has 0 radical (unpaired) electrons. The number of anilines is 6. The largest absolute Gasteiger partial charge is 0.456 e. The third-order valence-corrected chi connectivity index (χ3v) is 14.0. The van der Waals surface area contributed by atoms with Gasteiger partial charge in [0.25, 0.3) is 0 Å². The Balaban J connectivity index is 1.11. The first-order valence-corrected chi connectivity index (χ1v) is 23.8. The zero-order valence-corrected chi connectivity index (χ0v) is 38.0. The van der Waals surface area contributed by atoms with Gasteiger partial charge in [-0.05, 0) is 105 Å². The van der Waals surface area contributed by atoms with Crippen LogP contribution in [0.5, 0.6) is 0 Å². The number of hydrogen-bond acceptors (Lipinski definition) is 4. The second kappa shape index (κ2) is 16.2. The quantitative estimate of drug-likeness (QED) is 0.152. The van der Waals surface area contributed by atoms with Crippen LogP contribution >= 0.6 is 0 Å². The van der Waals surface area contributed by atoms with Crippen LogP contribution in [0, 0.1) is 0 Å². The molecule has 328 valence electrons. The fourth-order valence-corrected chi connectivity index (χ4v) is 10.9. The SMILES string of the molecule is c1ccc(-c2cc3cc(N(c4cccc5ccccc45)c4cccc5oc6ccccc6c45)c(-c4ccccc4)cc3cc2N(c2cccc3ccccc23)c2cccc3oc4ccccc4c23)cc1. The van der Waals surface area contributed by atoms with E-state index < -0.39 is 0 Å². The third kappa shape index (κ3) is 6.38. The minimum Gasteiger partial charge on any atom is -0.456 e. The maximum Gasteiger partial charge on any atom is 0.137 e. The fraction of sp³-hybridized carbons (Fsp3) is 0. The first-order chi connectivity index (χ1) is 34.7. The van der Waals surface area contributed by atoms with Gasteiger partial charge in [-0.3, -0.25) is 0 Å². The molecule has 0 bridgehead atoms. The molecule has 0 N–H and O–H groups in total. The average molecular weight is 895 g/mol. The smallest absolute Gasteiger partial charge is 0.137 e. The lowest BCUT2D eigenvalue weighted by Gasteiger charge is -2.32. The van der Waals surface area contributed by atoms with E-state index >= 15 is 0 Å². The van der Waals surface area contributed by atoms with E-state index in [0.717, 1.165) is 122 Å². The van der Waals surface area contributed by atoms with Gasteiger partial charge < -0.3 is 18.6 Å². The van der Waals surface area contributed by atoms with E-state index in [2.05, 4.69) is 252 Å². The second-order valence-electron chi connectivity index (χ2n) is 18.0. The molecule has 12 aromatic carbocycles. The van der Waals surface area contributed by atoms with Gasteiger partial charge in [0.1, 0.15) is 22.3 Å². The molecule has 4 nitrogen and oxygen atoms in total. The summed E-state index contributed by atoms with van der Waals surface area (Å²) < 4.78 is 13.2. The molecule has 2 aromatic heterocycles. The van der Waals surface area contributed by atoms with E-state index in [9.17, 15) is 0 Å². The van der Waals surface area contributed by atoms with Crippen LogP contribution < -0.4 is 9.80 Å². The van der Waals surface area contributed by atoms with Crippen molar-refractivity contribution in [1.82, 2.24) is 0 Å². The Morgan fingerprint density at radius 3 is 1.03 bits per heavy atom. The summed E-state index contributed by atoms with van der Waals surface area (Å²) in [6.07, 6.45) is 0. The van der Waals surface area contributed by atoms with E-state index in [4.69, 9.17) is 8.83 Å². The molecule has 70 heavy (non-hydrogen) atoms. The predicted octanol–water partition coefficient (Wildman–Crippen LogP) is 19.2. The fourth-order valence-electron chi connectivity index (χ4n) is 10.9. The average Bonchev–Trinajstić information content (AvgIpc) is 4.01. The van der Waals surface area contributed by atoms with Crippen LogP contribution in [0.3, 0.4) is 0 Å². The number of fused-ring (bicyclic) bond motifs is 9. The van der Waals surface area contributed by atoms with Crippen LogP contribution in [-0.2, 0) is 0 Å². The molecule has 0 aliphatic heterocycles. The molecular formula is C66H42N2O2. The van der Waals surface area contributed by atoms with Crippen LogP contribution in [0.15, 0.2) is 264 Å². The number of para-hydroxylation sites is 2. The lowest BCUT2D eigenvalue weighted by Crippen LogP contribution is -2.13. The van der Waals surface area contributed by atoms with E-state index in [1.165, 1.54) is 10.8 Å². The molecule has 0 saturated carbocycles. The van der Waals surface area contributed by atoms with Gasteiger partial charge in [-0.1, -0.05) is 182 Å². The van der Waals surface area contributed by atoms with Crippen LogP contribution in [0.25, 0.3) is 98.4 Å². The van der Waals surface area contributed by atoms with Crippen LogP contribution in [0.4, 0.5) is 34.1 Å². The summed E-state index contributed by atoms with van der Waals surface area (Å²) in [4.78, 5) is 4.94. The first kappa shape index (κ1) is 39.8. The predicted molar refractivity (Wildman–Crippen MR) is 294 cm³/mol. The van der Waals surface area contributed by atoms with E-state index in [-0.39, 0.29) is 0 Å². The zero-order chi connectivity index (χ0) is 46.1. The van der Waals surface area contributed by atoms with Crippen molar-refractivity contribution < 1.29 is 8.83 Å². The van der Waals surface area contributed by atoms with Gasteiger partial charge in [-0.2, -0.15) is 0 Å². The zero-order valence-electron chi connectivity index (χ0n) is 38.0. The number of furan rings is 2. The van der Waals surface area contributed by atoms with Crippen LogP contribution in [0.2, 0.25) is 0 Å². The molecule has 14 rings (SSSR count). The van der Waals surface area contributed by atoms with E-state index in [1.54, 1.807) is 0 Å². The Labute approximate surface area is 404 Å². The van der Waals surface area contributed by atoms with E-state index in [0.29, 0.717) is 0 Å². The molecule has 14 aromatic rings. The van der Waals surface area contributed by atoms with Crippen molar-refractivity contribution in [3.05, 3.63) is 255 Å². The van der Waals surface area contributed by atoms with Crippen molar-refractivity contribution in [1.29, 1.82) is 0 Å². The van der Waals surface area contributed by atoms with Gasteiger partial charge in [-0.15, -0.1) is 0 Å². The monoisotopic (exact) mass is 894 g/mol. The minimum absolute atomic E-state index is 0.843. The normalized spacial score (nSPS) is 11.7. The molecule has 0 amide bonds. The van der Waals surface area contributed by atoms with Crippen molar-refractivity contribution in [3.8, 4) is 22.3 Å². The molecular weight excluding hydrogens is 853 g/mol. The van der Waals surface area contributed by atoms with Crippen molar-refractivity contribution in [2.24, 2.45) is 0 Å². The van der Waals surface area contributed by atoms with Gasteiger partial charge in [0.2, 0.25) is 0 Å². The molecule has 0 aliphatic carbocycles. The number of hydrogen-bond donors (Lipinski definition) is 0. The molecule has 4 heteroatoms. The second-order valence-corrected chi connectivity index (χ2v) is 18.0. The van der Waals surface area contributed by atoms with Crippen LogP contribution in [-0.4, -0.2) is 0 Å². The highest BCUT2D eigenvalue weighted by molar-refractivity contribution is 6.18. The van der Waals surface area contributed by atoms with Crippen molar-refractivity contribution in [2.75, 3.05) is 9.80 Å². The summed E-state index contributed by atoms with van der Waals surface area (Å²) in [5, 5.41) is 11.1. The topological polar surface area (TPSA) is 32.8 Å². The Morgan fingerprint density at radius 1 is 0.229 bits per heavy atom. The van der Waals surface area contributed by atoms with Crippen LogP contribution in [0.1, 0.15) is 0 Å². The third-order valence-electron chi connectivity index (χ3n) is 14.0. The number of benzene rings is 12. The molecule has 0 saturated heterocycles. The summed E-state index contributed by atoms with van der Waals surface area (Å²) >= 11 is 0. The highest BCUT2D eigenvalue weighted by Crippen LogP contribution is 2.52. The molecule has 2 heterocycles. The molecule has 0 atom stereocenters. The number of nitrogens with zero attached hydrogens (tertiary/aromatic N) is 2. The standard InChI is InChI=1S/C66H42N2O2/c1-3-19-45(20-4-1)53-39-47-42-60(68(56-32-16-26-44-24-8-10-28-50(44)56)58-34-18-38-64-66(58)52-30-12-14-36-62(52)70-64)54(46-21-5-2-6-22-46)40-48(47)41-59(53)67(55-31-15-25-43-23-7-9-27-49(43)55)57-33-17-37-63-65(57)51-29-11-13-35-61(51)69-63/h1-42H. The summed E-state index contributed by atoms with van der Waals surface area (Å²) in [5.41, 5.74) is 14.2. The molecule has 0 aliphatic rings. The van der Waals surface area contributed by atoms with Crippen molar-refractivity contribution in [2.45, 2.75) is 0 Å². The number of rotatable bonds is 8. The first-order valence-electron chi connectivity index (χ1n) is 23.8. The molecule has 0 unspecified atom stereocenters. The Bertz CT molecular complexity index is 4030. The molecule has 0 spiro atoms. The summed E-state index contributed by atoms with van der Waals surface area (Å²) in [5.74, 6) is 0. The summed E-state index contributed by atoms with van der Waals surface area (Å²) in [7, 11) is 0. The van der Waals surface area contributed by atoms with Crippen molar-refractivity contribution in [3.63, 3.8) is 0 Å². The van der Waals surface area contributed by atoms with Gasteiger partial charge in [0.05, 0.1) is 44.9 Å². The summed E-state index contributed by atoms with van der Waals surface area (Å²) in [6, 6.07) is 91.5. The molecule has 0 fully saturated rings. The van der Waals surface area contributed by atoms with Crippen molar-refractivity contribution >= 4 is 110 Å². The lowest BCUT2D eigenvalue weighted by atomic mass is 9.92. The Hall–Kier alpha value is -9.38. The van der Waals surface area contributed by atoms with E-state index in [1.807, 2.05) is 12.1 Å². The lowest BCUT2D eigenvalue weighted by molar-refractivity contribution is 0.668. The Morgan fingerprint density at radius 2 is 0.571 bits per heavy atom. The van der Waals surface area contributed by atoms with Gasteiger partial charge >= 0.3 is 0 Å². The van der Waals surface area contributed by atoms with Gasteiger partial charge in [0.15, 0.2) is 0 Å². The Kier molecular flexibility index (Phi) is 9.17. The summed E-state index contributed by atoms with van der Waals surface area (Å²) in [6.45, 7) is 0. The maximum absolute atomic E-state index is 6.60. The highest BCUT2D eigenvalue weighted by atomic mass is 16.3. The van der Waals surface area contributed by atoms with Gasteiger partial charge in [-0.25, -0.2) is 0 Å². The minimum atomic E-state index is 0.843. The highest BCUT2D eigenvalue weighted by Gasteiger charge is 2.27. The van der Waals surface area contributed by atoms with Gasteiger partial charge in [0, 0.05) is 32.7 Å².